The predicted molar refractivity (Wildman–Crippen MR) is 187 cm³/mol. The third kappa shape index (κ3) is 3.79. The molecule has 46 heavy (non-hydrogen) atoms. The average Bonchev–Trinajstić information content (AvgIpc) is 3.54. The fourth-order valence-electron chi connectivity index (χ4n) is 7.27. The lowest BCUT2D eigenvalue weighted by molar-refractivity contribution is 0.635. The van der Waals surface area contributed by atoms with Gasteiger partial charge in [0, 0.05) is 27.3 Å². The number of hydrogen-bond donors (Lipinski definition) is 0. The molecule has 2 aromatic heterocycles. The smallest absolute Gasteiger partial charge is 0.161 e. The Balaban J connectivity index is 1.39. The summed E-state index contributed by atoms with van der Waals surface area (Å²) in [5, 5.41) is 14.4. The standard InChI is InChI=1S/C42H28N4/c1-42(2)35-23-31(28-16-10-11-26(21-28)25-43)19-20-33(35)38-39(42)44-40(27-12-4-3-5-13-27)45-41(38)46-36-18-9-8-17-32(36)34-22-29-14-6-7-15-30(29)24-37(34)46/h3-24H,1-2H3. The zero-order valence-electron chi connectivity index (χ0n) is 25.5. The number of nitriles is 1. The van der Waals surface area contributed by atoms with Gasteiger partial charge in [0.25, 0.3) is 0 Å². The first kappa shape index (κ1) is 26.4. The first-order valence-corrected chi connectivity index (χ1v) is 15.6. The van der Waals surface area contributed by atoms with Crippen LogP contribution >= 0.6 is 0 Å². The van der Waals surface area contributed by atoms with E-state index in [-0.39, 0.29) is 5.41 Å². The van der Waals surface area contributed by atoms with Gasteiger partial charge in [0.1, 0.15) is 5.82 Å². The van der Waals surface area contributed by atoms with E-state index in [4.69, 9.17) is 9.97 Å². The second kappa shape index (κ2) is 9.72. The summed E-state index contributed by atoms with van der Waals surface area (Å²) in [5.74, 6) is 1.60. The first-order valence-electron chi connectivity index (χ1n) is 15.6. The predicted octanol–water partition coefficient (Wildman–Crippen LogP) is 10.2. The van der Waals surface area contributed by atoms with Crippen LogP contribution in [0.4, 0.5) is 0 Å². The molecule has 2 heterocycles. The number of para-hydroxylation sites is 1. The van der Waals surface area contributed by atoms with Gasteiger partial charge >= 0.3 is 0 Å². The Morgan fingerprint density at radius 3 is 2.15 bits per heavy atom. The Morgan fingerprint density at radius 2 is 1.33 bits per heavy atom. The van der Waals surface area contributed by atoms with Gasteiger partial charge in [-0.05, 0) is 69.4 Å². The molecule has 4 heteroatoms. The molecule has 0 atom stereocenters. The van der Waals surface area contributed by atoms with Gasteiger partial charge < -0.3 is 0 Å². The van der Waals surface area contributed by atoms with Crippen LogP contribution in [0.15, 0.2) is 133 Å². The Kier molecular flexibility index (Phi) is 5.57. The van der Waals surface area contributed by atoms with Crippen LogP contribution in [0.25, 0.3) is 72.0 Å². The number of fused-ring (bicyclic) bond motifs is 7. The van der Waals surface area contributed by atoms with Crippen molar-refractivity contribution in [2.24, 2.45) is 0 Å². The van der Waals surface area contributed by atoms with Crippen molar-refractivity contribution in [3.05, 3.63) is 150 Å². The maximum absolute atomic E-state index is 9.55. The lowest BCUT2D eigenvalue weighted by atomic mass is 9.84. The number of nitrogens with zero attached hydrogens (tertiary/aromatic N) is 4. The molecule has 1 aliphatic carbocycles. The summed E-state index contributed by atoms with van der Waals surface area (Å²) in [6, 6.07) is 48.8. The minimum absolute atomic E-state index is 0.389. The van der Waals surface area contributed by atoms with Gasteiger partial charge in [-0.15, -0.1) is 0 Å². The molecule has 9 rings (SSSR count). The Bertz CT molecular complexity index is 2570. The molecule has 216 valence electrons. The van der Waals surface area contributed by atoms with Crippen LogP contribution in [0.3, 0.4) is 0 Å². The lowest BCUT2D eigenvalue weighted by Gasteiger charge is -2.22. The van der Waals surface area contributed by atoms with Gasteiger partial charge in [0.2, 0.25) is 0 Å². The topological polar surface area (TPSA) is 54.5 Å². The quantitative estimate of drug-likeness (QED) is 0.206. The van der Waals surface area contributed by atoms with Gasteiger partial charge in [-0.2, -0.15) is 5.26 Å². The van der Waals surface area contributed by atoms with E-state index in [1.165, 1.54) is 27.1 Å². The van der Waals surface area contributed by atoms with E-state index in [0.717, 1.165) is 50.4 Å². The van der Waals surface area contributed by atoms with Crippen molar-refractivity contribution in [3.8, 4) is 45.5 Å². The highest BCUT2D eigenvalue weighted by Crippen LogP contribution is 2.52. The SMILES string of the molecule is CC1(C)c2cc(-c3cccc(C#N)c3)ccc2-c2c(-n3c4ccccc4c4cc5ccccc5cc43)nc(-c3ccccc3)nc21. The highest BCUT2D eigenvalue weighted by Gasteiger charge is 2.40. The second-order valence-electron chi connectivity index (χ2n) is 12.6. The molecule has 0 spiro atoms. The molecule has 6 aromatic carbocycles. The summed E-state index contributed by atoms with van der Waals surface area (Å²) in [6.45, 7) is 4.52. The maximum Gasteiger partial charge on any atom is 0.161 e. The molecule has 0 N–H and O–H groups in total. The molecule has 0 bridgehead atoms. The summed E-state index contributed by atoms with van der Waals surface area (Å²) >= 11 is 0. The van der Waals surface area contributed by atoms with Crippen molar-refractivity contribution in [2.45, 2.75) is 19.3 Å². The molecular formula is C42H28N4. The third-order valence-corrected chi connectivity index (χ3v) is 9.55. The Hall–Kier alpha value is -6.05. The number of rotatable bonds is 3. The largest absolute Gasteiger partial charge is 0.293 e. The minimum atomic E-state index is -0.389. The van der Waals surface area contributed by atoms with E-state index in [1.807, 2.05) is 36.4 Å². The van der Waals surface area contributed by atoms with Crippen LogP contribution in [0.5, 0.6) is 0 Å². The first-order chi connectivity index (χ1) is 22.5. The van der Waals surface area contributed by atoms with Gasteiger partial charge in [0.15, 0.2) is 5.82 Å². The molecule has 0 aliphatic heterocycles. The van der Waals surface area contributed by atoms with Crippen molar-refractivity contribution in [2.75, 3.05) is 0 Å². The summed E-state index contributed by atoms with van der Waals surface area (Å²) in [6.07, 6.45) is 0. The normalized spacial score (nSPS) is 13.2. The molecule has 4 nitrogen and oxygen atoms in total. The zero-order valence-corrected chi connectivity index (χ0v) is 25.5. The summed E-state index contributed by atoms with van der Waals surface area (Å²) in [7, 11) is 0. The van der Waals surface area contributed by atoms with Crippen molar-refractivity contribution in [3.63, 3.8) is 0 Å². The van der Waals surface area contributed by atoms with E-state index < -0.39 is 0 Å². The van der Waals surface area contributed by atoms with Crippen LogP contribution in [-0.2, 0) is 5.41 Å². The van der Waals surface area contributed by atoms with Crippen LogP contribution in [-0.4, -0.2) is 14.5 Å². The van der Waals surface area contributed by atoms with Gasteiger partial charge in [-0.1, -0.05) is 111 Å². The number of benzene rings is 6. The Morgan fingerprint density at radius 1 is 0.609 bits per heavy atom. The molecule has 0 radical (unpaired) electrons. The minimum Gasteiger partial charge on any atom is -0.293 e. The highest BCUT2D eigenvalue weighted by molar-refractivity contribution is 6.14. The number of hydrogen-bond acceptors (Lipinski definition) is 3. The van der Waals surface area contributed by atoms with Crippen LogP contribution in [0.2, 0.25) is 0 Å². The second-order valence-corrected chi connectivity index (χ2v) is 12.6. The monoisotopic (exact) mass is 588 g/mol. The summed E-state index contributed by atoms with van der Waals surface area (Å²) < 4.78 is 2.35. The molecule has 8 aromatic rings. The van der Waals surface area contributed by atoms with Crippen molar-refractivity contribution in [1.82, 2.24) is 14.5 Å². The molecule has 0 saturated carbocycles. The summed E-state index contributed by atoms with van der Waals surface area (Å²) in [5.41, 5.74) is 10.0. The van der Waals surface area contributed by atoms with Crippen LogP contribution in [0.1, 0.15) is 30.7 Å². The van der Waals surface area contributed by atoms with E-state index in [0.29, 0.717) is 11.4 Å². The van der Waals surface area contributed by atoms with Gasteiger partial charge in [-0.3, -0.25) is 4.57 Å². The molecule has 0 fully saturated rings. The van der Waals surface area contributed by atoms with Crippen LogP contribution < -0.4 is 0 Å². The summed E-state index contributed by atoms with van der Waals surface area (Å²) in [4.78, 5) is 10.8. The number of aromatic nitrogens is 3. The maximum atomic E-state index is 9.55. The molecule has 0 saturated heterocycles. The lowest BCUT2D eigenvalue weighted by Crippen LogP contribution is -2.18. The van der Waals surface area contributed by atoms with Crippen molar-refractivity contribution < 1.29 is 0 Å². The fourth-order valence-corrected chi connectivity index (χ4v) is 7.27. The van der Waals surface area contributed by atoms with E-state index in [2.05, 4.69) is 122 Å². The third-order valence-electron chi connectivity index (χ3n) is 9.55. The average molecular weight is 589 g/mol. The van der Waals surface area contributed by atoms with Crippen molar-refractivity contribution in [1.29, 1.82) is 5.26 Å². The Labute approximate surface area is 266 Å². The van der Waals surface area contributed by atoms with Gasteiger partial charge in [-0.25, -0.2) is 9.97 Å². The molecule has 0 amide bonds. The molecule has 1 aliphatic rings. The molecular weight excluding hydrogens is 560 g/mol. The molecule has 0 unspecified atom stereocenters. The van der Waals surface area contributed by atoms with E-state index in [9.17, 15) is 5.26 Å². The van der Waals surface area contributed by atoms with E-state index >= 15 is 0 Å². The van der Waals surface area contributed by atoms with Crippen LogP contribution in [0, 0.1) is 11.3 Å². The highest BCUT2D eigenvalue weighted by atomic mass is 15.1. The van der Waals surface area contributed by atoms with Gasteiger partial charge in [0.05, 0.1) is 28.4 Å². The fraction of sp³-hybridized carbons (Fsp3) is 0.0714. The van der Waals surface area contributed by atoms with Crippen molar-refractivity contribution >= 4 is 32.6 Å². The zero-order chi connectivity index (χ0) is 31.0. The van der Waals surface area contributed by atoms with E-state index in [1.54, 1.807) is 0 Å².